The SMILES string of the molecule is CCOCCn1c(=NC(=O)c2cccc(Br)c2)sc2cc(S(C)(=O)=O)ccc21. The van der Waals surface area contributed by atoms with E-state index in [-0.39, 0.29) is 10.8 Å². The minimum Gasteiger partial charge on any atom is -0.380 e. The van der Waals surface area contributed by atoms with Gasteiger partial charge in [0.25, 0.3) is 5.91 Å². The van der Waals surface area contributed by atoms with Crippen LogP contribution in [0.2, 0.25) is 0 Å². The topological polar surface area (TPSA) is 77.7 Å². The molecule has 0 unspecified atom stereocenters. The summed E-state index contributed by atoms with van der Waals surface area (Å²) >= 11 is 4.64. The zero-order valence-electron chi connectivity index (χ0n) is 15.4. The second-order valence-electron chi connectivity index (χ2n) is 6.06. The van der Waals surface area contributed by atoms with E-state index in [1.54, 1.807) is 36.4 Å². The number of thiazole rings is 1. The number of carbonyl (C=O) groups is 1. The number of rotatable bonds is 6. The first-order valence-electron chi connectivity index (χ1n) is 8.55. The van der Waals surface area contributed by atoms with Crippen LogP contribution >= 0.6 is 27.3 Å². The number of benzene rings is 2. The first kappa shape index (κ1) is 20.9. The molecule has 1 aromatic heterocycles. The molecule has 0 bridgehead atoms. The Balaban J connectivity index is 2.13. The average molecular weight is 483 g/mol. The van der Waals surface area contributed by atoms with Crippen molar-refractivity contribution in [1.29, 1.82) is 0 Å². The second kappa shape index (κ2) is 8.69. The van der Waals surface area contributed by atoms with Crippen molar-refractivity contribution in [3.8, 4) is 0 Å². The summed E-state index contributed by atoms with van der Waals surface area (Å²) in [5.74, 6) is -0.360. The van der Waals surface area contributed by atoms with Crippen molar-refractivity contribution in [3.05, 3.63) is 57.3 Å². The number of sulfone groups is 1. The minimum atomic E-state index is -3.32. The van der Waals surface area contributed by atoms with Crippen molar-refractivity contribution in [3.63, 3.8) is 0 Å². The van der Waals surface area contributed by atoms with E-state index in [1.165, 1.54) is 17.6 Å². The first-order chi connectivity index (χ1) is 13.3. The highest BCUT2D eigenvalue weighted by molar-refractivity contribution is 9.10. The van der Waals surface area contributed by atoms with Crippen molar-refractivity contribution < 1.29 is 17.9 Å². The molecule has 0 aliphatic heterocycles. The summed E-state index contributed by atoms with van der Waals surface area (Å²) in [6.45, 7) is 3.48. The number of carbonyl (C=O) groups excluding carboxylic acids is 1. The molecule has 3 aromatic rings. The quantitative estimate of drug-likeness (QED) is 0.502. The third kappa shape index (κ3) is 4.78. The third-order valence-electron chi connectivity index (χ3n) is 4.01. The molecule has 3 rings (SSSR count). The molecule has 1 amide bonds. The molecule has 0 fully saturated rings. The maximum atomic E-state index is 12.6. The van der Waals surface area contributed by atoms with E-state index >= 15 is 0 Å². The van der Waals surface area contributed by atoms with E-state index in [0.29, 0.717) is 30.1 Å². The van der Waals surface area contributed by atoms with Crippen LogP contribution < -0.4 is 4.80 Å². The summed E-state index contributed by atoms with van der Waals surface area (Å²) in [6, 6.07) is 12.0. The van der Waals surface area contributed by atoms with Crippen LogP contribution in [0.4, 0.5) is 0 Å². The van der Waals surface area contributed by atoms with Crippen LogP contribution in [0, 0.1) is 0 Å². The largest absolute Gasteiger partial charge is 0.380 e. The maximum Gasteiger partial charge on any atom is 0.279 e. The first-order valence-corrected chi connectivity index (χ1v) is 12.1. The molecule has 0 saturated carbocycles. The monoisotopic (exact) mass is 482 g/mol. The summed E-state index contributed by atoms with van der Waals surface area (Å²) in [5.41, 5.74) is 1.29. The fourth-order valence-corrected chi connectivity index (χ4v) is 4.87. The molecule has 28 heavy (non-hydrogen) atoms. The number of hydrogen-bond donors (Lipinski definition) is 0. The van der Waals surface area contributed by atoms with Crippen LogP contribution in [0.25, 0.3) is 10.2 Å². The van der Waals surface area contributed by atoms with Crippen LogP contribution in [0.5, 0.6) is 0 Å². The van der Waals surface area contributed by atoms with Crippen molar-refractivity contribution in [2.24, 2.45) is 4.99 Å². The highest BCUT2D eigenvalue weighted by Crippen LogP contribution is 2.22. The minimum absolute atomic E-state index is 0.239. The van der Waals surface area contributed by atoms with E-state index in [4.69, 9.17) is 4.74 Å². The van der Waals surface area contributed by atoms with E-state index in [9.17, 15) is 13.2 Å². The average Bonchev–Trinajstić information content (AvgIpc) is 2.97. The van der Waals surface area contributed by atoms with Crippen molar-refractivity contribution in [1.82, 2.24) is 4.57 Å². The number of amides is 1. The molecule has 2 aromatic carbocycles. The zero-order valence-corrected chi connectivity index (χ0v) is 18.6. The van der Waals surface area contributed by atoms with E-state index in [0.717, 1.165) is 14.7 Å². The normalized spacial score (nSPS) is 12.6. The van der Waals surface area contributed by atoms with Crippen LogP contribution in [-0.2, 0) is 21.1 Å². The van der Waals surface area contributed by atoms with Gasteiger partial charge in [0.1, 0.15) is 0 Å². The van der Waals surface area contributed by atoms with Crippen molar-refractivity contribution >= 4 is 53.2 Å². The second-order valence-corrected chi connectivity index (χ2v) is 10.0. The summed E-state index contributed by atoms with van der Waals surface area (Å²) in [5, 5.41) is 0. The molecule has 9 heteroatoms. The Morgan fingerprint density at radius 3 is 2.71 bits per heavy atom. The Morgan fingerprint density at radius 2 is 2.04 bits per heavy atom. The molecule has 0 atom stereocenters. The maximum absolute atomic E-state index is 12.6. The van der Waals surface area contributed by atoms with Gasteiger partial charge in [-0.1, -0.05) is 33.3 Å². The van der Waals surface area contributed by atoms with Crippen LogP contribution in [0.15, 0.2) is 56.8 Å². The molecule has 0 radical (unpaired) electrons. The summed E-state index contributed by atoms with van der Waals surface area (Å²) in [7, 11) is -3.32. The van der Waals surface area contributed by atoms with Crippen molar-refractivity contribution in [2.75, 3.05) is 19.5 Å². The molecule has 148 valence electrons. The van der Waals surface area contributed by atoms with Crippen LogP contribution in [-0.4, -0.2) is 38.4 Å². The van der Waals surface area contributed by atoms with Gasteiger partial charge < -0.3 is 9.30 Å². The molecular weight excluding hydrogens is 464 g/mol. The Hall–Kier alpha value is -1.81. The van der Waals surface area contributed by atoms with Gasteiger partial charge in [-0.15, -0.1) is 0 Å². The Morgan fingerprint density at radius 1 is 1.25 bits per heavy atom. The summed E-state index contributed by atoms with van der Waals surface area (Å²) in [6.07, 6.45) is 1.17. The Labute approximate surface area is 175 Å². The van der Waals surface area contributed by atoms with E-state index in [2.05, 4.69) is 20.9 Å². The molecule has 0 saturated heterocycles. The lowest BCUT2D eigenvalue weighted by molar-refractivity contribution is 0.0996. The Kier molecular flexibility index (Phi) is 6.49. The molecule has 1 heterocycles. The van der Waals surface area contributed by atoms with Gasteiger partial charge in [0.2, 0.25) is 0 Å². The third-order valence-corrected chi connectivity index (χ3v) is 6.66. The smallest absolute Gasteiger partial charge is 0.279 e. The molecule has 0 aliphatic rings. The Bertz CT molecular complexity index is 1200. The van der Waals surface area contributed by atoms with Gasteiger partial charge in [-0.25, -0.2) is 8.42 Å². The molecule has 6 nitrogen and oxygen atoms in total. The number of ether oxygens (including phenoxy) is 1. The van der Waals surface area contributed by atoms with Gasteiger partial charge >= 0.3 is 0 Å². The highest BCUT2D eigenvalue weighted by Gasteiger charge is 2.13. The van der Waals surface area contributed by atoms with Crippen LogP contribution in [0.1, 0.15) is 17.3 Å². The summed E-state index contributed by atoms with van der Waals surface area (Å²) in [4.78, 5) is 17.7. The molecular formula is C19H19BrN2O4S2. The predicted molar refractivity (Wildman–Crippen MR) is 113 cm³/mol. The molecule has 0 spiro atoms. The van der Waals surface area contributed by atoms with Gasteiger partial charge in [0, 0.05) is 29.4 Å². The number of aromatic nitrogens is 1. The van der Waals surface area contributed by atoms with E-state index in [1.807, 2.05) is 17.6 Å². The number of fused-ring (bicyclic) bond motifs is 1. The predicted octanol–water partition coefficient (Wildman–Crippen LogP) is 3.65. The van der Waals surface area contributed by atoms with Crippen LogP contribution in [0.3, 0.4) is 0 Å². The van der Waals surface area contributed by atoms with E-state index < -0.39 is 9.84 Å². The van der Waals surface area contributed by atoms with Gasteiger partial charge in [0.15, 0.2) is 14.6 Å². The fourth-order valence-electron chi connectivity index (χ4n) is 2.66. The number of hydrogen-bond acceptors (Lipinski definition) is 5. The lowest BCUT2D eigenvalue weighted by Crippen LogP contribution is -2.19. The standard InChI is InChI=1S/C19H19BrN2O4S2/c1-3-26-10-9-22-16-8-7-15(28(2,24)25)12-17(16)27-19(22)21-18(23)13-5-4-6-14(20)11-13/h4-8,11-12H,3,9-10H2,1-2H3. The summed E-state index contributed by atoms with van der Waals surface area (Å²) < 4.78 is 32.6. The van der Waals surface area contributed by atoms with Gasteiger partial charge in [-0.3, -0.25) is 4.79 Å². The molecule has 0 aliphatic carbocycles. The number of halogens is 1. The molecule has 0 N–H and O–H groups in total. The lowest BCUT2D eigenvalue weighted by Gasteiger charge is -2.06. The van der Waals surface area contributed by atoms with Gasteiger partial charge in [0.05, 0.1) is 21.7 Å². The number of nitrogens with zero attached hydrogens (tertiary/aromatic N) is 2. The highest BCUT2D eigenvalue weighted by atomic mass is 79.9. The van der Waals surface area contributed by atoms with Crippen molar-refractivity contribution in [2.45, 2.75) is 18.4 Å². The fraction of sp³-hybridized carbons (Fsp3) is 0.263. The van der Waals surface area contributed by atoms with Gasteiger partial charge in [-0.2, -0.15) is 4.99 Å². The lowest BCUT2D eigenvalue weighted by atomic mass is 10.2. The van der Waals surface area contributed by atoms with Gasteiger partial charge in [-0.05, 0) is 43.3 Å². The zero-order chi connectivity index (χ0) is 20.3.